The van der Waals surface area contributed by atoms with E-state index in [1.807, 2.05) is 0 Å². The first kappa shape index (κ1) is 12.5. The van der Waals surface area contributed by atoms with Gasteiger partial charge in [-0.1, -0.05) is 0 Å². The van der Waals surface area contributed by atoms with Gasteiger partial charge in [-0.2, -0.15) is 0 Å². The van der Waals surface area contributed by atoms with Crippen LogP contribution < -0.4 is 5.32 Å². The van der Waals surface area contributed by atoms with Gasteiger partial charge < -0.3 is 15.2 Å². The summed E-state index contributed by atoms with van der Waals surface area (Å²) < 4.78 is 30.0. The number of benzene rings is 1. The Morgan fingerprint density at radius 3 is 2.75 bits per heavy atom. The maximum Gasteiger partial charge on any atom is 0.250 e. The molecule has 1 aromatic carbocycles. The fourth-order valence-corrected chi connectivity index (χ4v) is 1.00. The van der Waals surface area contributed by atoms with Crippen molar-refractivity contribution in [2.24, 2.45) is 0 Å². The Bertz CT molecular complexity index is 371. The molecule has 1 aromatic rings. The van der Waals surface area contributed by atoms with E-state index in [1.165, 1.54) is 6.07 Å². The third-order valence-electron chi connectivity index (χ3n) is 1.67. The molecule has 0 spiro atoms. The lowest BCUT2D eigenvalue weighted by molar-refractivity contribution is -0.120. The van der Waals surface area contributed by atoms with Gasteiger partial charge in [0.2, 0.25) is 5.91 Å². The van der Waals surface area contributed by atoms with Gasteiger partial charge in [-0.25, -0.2) is 8.78 Å². The highest BCUT2D eigenvalue weighted by Crippen LogP contribution is 2.12. The Hall–Kier alpha value is -1.53. The van der Waals surface area contributed by atoms with Crippen molar-refractivity contribution in [2.75, 3.05) is 25.1 Å². The summed E-state index contributed by atoms with van der Waals surface area (Å²) in [4.78, 5) is 11.1. The molecular weight excluding hydrogens is 220 g/mol. The summed E-state index contributed by atoms with van der Waals surface area (Å²) in [7, 11) is 0. The van der Waals surface area contributed by atoms with Gasteiger partial charge in [-0.05, 0) is 12.1 Å². The first-order valence-electron chi connectivity index (χ1n) is 4.57. The summed E-state index contributed by atoms with van der Waals surface area (Å²) in [6, 6.07) is 3.03. The predicted octanol–water partition coefficient (Wildman–Crippen LogP) is 0.912. The topological polar surface area (TPSA) is 58.6 Å². The number of aliphatic hydroxyl groups is 1. The predicted molar refractivity (Wildman–Crippen MR) is 52.9 cm³/mol. The van der Waals surface area contributed by atoms with Gasteiger partial charge in [0.05, 0.1) is 13.2 Å². The van der Waals surface area contributed by atoms with E-state index in [0.717, 1.165) is 12.1 Å². The van der Waals surface area contributed by atoms with Gasteiger partial charge in [0, 0.05) is 11.8 Å². The second-order valence-corrected chi connectivity index (χ2v) is 2.95. The molecule has 0 aromatic heterocycles. The molecule has 1 amide bonds. The maximum atomic E-state index is 12.7. The number of hydrogen-bond acceptors (Lipinski definition) is 3. The van der Waals surface area contributed by atoms with Crippen molar-refractivity contribution in [1.82, 2.24) is 0 Å². The third-order valence-corrected chi connectivity index (χ3v) is 1.67. The summed E-state index contributed by atoms with van der Waals surface area (Å²) in [5.74, 6) is -2.51. The van der Waals surface area contributed by atoms with Crippen molar-refractivity contribution >= 4 is 11.6 Å². The molecule has 0 unspecified atom stereocenters. The molecule has 1 rings (SSSR count). The summed E-state index contributed by atoms with van der Waals surface area (Å²) in [6.45, 7) is -0.386. The summed E-state index contributed by atoms with van der Waals surface area (Å²) in [5, 5.41) is 10.7. The van der Waals surface area contributed by atoms with E-state index in [1.54, 1.807) is 0 Å². The van der Waals surface area contributed by atoms with Crippen LogP contribution in [0.3, 0.4) is 0 Å². The smallest absolute Gasteiger partial charge is 0.250 e. The lowest BCUT2D eigenvalue weighted by Gasteiger charge is -2.05. The van der Waals surface area contributed by atoms with E-state index in [-0.39, 0.29) is 25.5 Å². The van der Waals surface area contributed by atoms with Gasteiger partial charge in [0.1, 0.15) is 6.61 Å². The fourth-order valence-electron chi connectivity index (χ4n) is 1.00. The lowest BCUT2D eigenvalue weighted by Crippen LogP contribution is -2.19. The van der Waals surface area contributed by atoms with Crippen LogP contribution in [0.1, 0.15) is 0 Å². The number of nitrogens with one attached hydrogen (secondary N) is 1. The molecule has 0 aliphatic heterocycles. The molecular formula is C10H11F2NO3. The molecule has 2 N–H and O–H groups in total. The van der Waals surface area contributed by atoms with Crippen molar-refractivity contribution < 1.29 is 23.4 Å². The molecule has 4 nitrogen and oxygen atoms in total. The number of carbonyl (C=O) groups excluding carboxylic acids is 1. The SMILES string of the molecule is O=C(COCCO)Nc1ccc(F)c(F)c1. The molecule has 0 aliphatic rings. The van der Waals surface area contributed by atoms with Crippen molar-refractivity contribution in [3.8, 4) is 0 Å². The second-order valence-electron chi connectivity index (χ2n) is 2.95. The Morgan fingerprint density at radius 1 is 1.38 bits per heavy atom. The van der Waals surface area contributed by atoms with E-state index < -0.39 is 17.5 Å². The number of anilines is 1. The Morgan fingerprint density at radius 2 is 2.12 bits per heavy atom. The number of carbonyl (C=O) groups is 1. The van der Waals surface area contributed by atoms with Crippen LogP contribution in [0.25, 0.3) is 0 Å². The zero-order valence-corrected chi connectivity index (χ0v) is 8.37. The average Bonchev–Trinajstić information content (AvgIpc) is 2.24. The van der Waals surface area contributed by atoms with Gasteiger partial charge >= 0.3 is 0 Å². The fraction of sp³-hybridized carbons (Fsp3) is 0.300. The number of hydrogen-bond donors (Lipinski definition) is 2. The van der Waals surface area contributed by atoms with E-state index in [2.05, 4.69) is 5.32 Å². The van der Waals surface area contributed by atoms with Crippen LogP contribution in [0.15, 0.2) is 18.2 Å². The zero-order chi connectivity index (χ0) is 12.0. The summed E-state index contributed by atoms with van der Waals surface area (Å²) in [6.07, 6.45) is 0. The van der Waals surface area contributed by atoms with Gasteiger partial charge in [-0.3, -0.25) is 4.79 Å². The molecule has 0 atom stereocenters. The Labute approximate surface area is 90.8 Å². The minimum absolute atomic E-state index is 0.0468. The van der Waals surface area contributed by atoms with Crippen LogP contribution in [0.4, 0.5) is 14.5 Å². The second kappa shape index (κ2) is 6.14. The molecule has 6 heteroatoms. The molecule has 88 valence electrons. The molecule has 16 heavy (non-hydrogen) atoms. The molecule has 0 aliphatic carbocycles. The monoisotopic (exact) mass is 231 g/mol. The van der Waals surface area contributed by atoms with Crippen LogP contribution in [-0.4, -0.2) is 30.8 Å². The highest BCUT2D eigenvalue weighted by atomic mass is 19.2. The van der Waals surface area contributed by atoms with E-state index >= 15 is 0 Å². The number of halogens is 2. The van der Waals surface area contributed by atoms with E-state index in [0.29, 0.717) is 0 Å². The van der Waals surface area contributed by atoms with Crippen LogP contribution in [0.2, 0.25) is 0 Å². The minimum atomic E-state index is -1.03. The van der Waals surface area contributed by atoms with E-state index in [9.17, 15) is 13.6 Å². The van der Waals surface area contributed by atoms with Gasteiger partial charge in [0.25, 0.3) is 0 Å². The average molecular weight is 231 g/mol. The Balaban J connectivity index is 2.46. The quantitative estimate of drug-likeness (QED) is 0.740. The number of rotatable bonds is 5. The highest BCUT2D eigenvalue weighted by molar-refractivity contribution is 5.91. The molecule has 0 radical (unpaired) electrons. The normalized spacial score (nSPS) is 10.2. The van der Waals surface area contributed by atoms with Crippen LogP contribution in [0.5, 0.6) is 0 Å². The van der Waals surface area contributed by atoms with Gasteiger partial charge in [0.15, 0.2) is 11.6 Å². The molecule has 0 saturated heterocycles. The number of amides is 1. The van der Waals surface area contributed by atoms with Crippen LogP contribution in [-0.2, 0) is 9.53 Å². The molecule has 0 bridgehead atoms. The van der Waals surface area contributed by atoms with Crippen molar-refractivity contribution in [3.63, 3.8) is 0 Å². The largest absolute Gasteiger partial charge is 0.394 e. The minimum Gasteiger partial charge on any atom is -0.394 e. The molecule has 0 heterocycles. The first-order chi connectivity index (χ1) is 7.63. The molecule has 0 saturated carbocycles. The zero-order valence-electron chi connectivity index (χ0n) is 8.37. The Kier molecular flexibility index (Phi) is 4.81. The van der Waals surface area contributed by atoms with E-state index in [4.69, 9.17) is 9.84 Å². The van der Waals surface area contributed by atoms with Crippen molar-refractivity contribution in [2.45, 2.75) is 0 Å². The van der Waals surface area contributed by atoms with Crippen LogP contribution >= 0.6 is 0 Å². The number of ether oxygens (including phenoxy) is 1. The standard InChI is InChI=1S/C10H11F2NO3/c11-8-2-1-7(5-9(8)12)13-10(15)6-16-4-3-14/h1-2,5,14H,3-4,6H2,(H,13,15). The highest BCUT2D eigenvalue weighted by Gasteiger charge is 2.05. The first-order valence-corrected chi connectivity index (χ1v) is 4.57. The third kappa shape index (κ3) is 3.92. The maximum absolute atomic E-state index is 12.7. The lowest BCUT2D eigenvalue weighted by atomic mass is 10.3. The van der Waals surface area contributed by atoms with Crippen molar-refractivity contribution in [1.29, 1.82) is 0 Å². The summed E-state index contributed by atoms with van der Waals surface area (Å²) >= 11 is 0. The number of aliphatic hydroxyl groups excluding tert-OH is 1. The van der Waals surface area contributed by atoms with Gasteiger partial charge in [-0.15, -0.1) is 0 Å². The summed E-state index contributed by atoms with van der Waals surface area (Å²) in [5.41, 5.74) is 0.150. The molecule has 0 fully saturated rings. The van der Waals surface area contributed by atoms with Crippen molar-refractivity contribution in [3.05, 3.63) is 29.8 Å². The van der Waals surface area contributed by atoms with Crippen LogP contribution in [0, 0.1) is 11.6 Å².